The molecular weight excluding hydrogens is 733 g/mol. The molecule has 3 heterocycles. The summed E-state index contributed by atoms with van der Waals surface area (Å²) in [5.41, 5.74) is 16.6. The summed E-state index contributed by atoms with van der Waals surface area (Å²) in [4.78, 5) is 30.0. The molecule has 3 aliphatic carbocycles. The number of rotatable bonds is 6. The van der Waals surface area contributed by atoms with Crippen molar-refractivity contribution in [3.8, 4) is 68.1 Å². The largest absolute Gasteiger partial charge is 0.256 e. The Morgan fingerprint density at radius 1 is 0.283 bits per heavy atom. The van der Waals surface area contributed by atoms with Gasteiger partial charge < -0.3 is 0 Å². The second kappa shape index (κ2) is 13.9. The normalized spacial score (nSPS) is 14.7. The molecule has 3 aliphatic rings. The van der Waals surface area contributed by atoms with E-state index in [4.69, 9.17) is 24.9 Å². The maximum atomic E-state index is 5.22. The molecule has 6 nitrogen and oxygen atoms in total. The van der Waals surface area contributed by atoms with E-state index in [0.29, 0.717) is 23.3 Å². The van der Waals surface area contributed by atoms with E-state index in [0.717, 1.165) is 55.7 Å². The zero-order chi connectivity index (χ0) is 39.6. The van der Waals surface area contributed by atoms with Crippen molar-refractivity contribution in [3.63, 3.8) is 0 Å². The van der Waals surface area contributed by atoms with Crippen LogP contribution in [0, 0.1) is 0 Å². The summed E-state index contributed by atoms with van der Waals surface area (Å²) in [6.07, 6.45) is 1.83. The molecule has 10 aromatic rings. The van der Waals surface area contributed by atoms with Crippen LogP contribution >= 0.6 is 0 Å². The maximum absolute atomic E-state index is 5.22. The standard InChI is InChI=1S/C54H34N6/c1-4-13-33(14-5-1)51-56-47(37-24-27-46-36(29-37)19-12-28-55-46)32-48(57-51)38-22-25-42-44(30-38)49-40-20-10-11-21-41(40)50(42)45-31-39(23-26-43(45)49)54-59-52(34-15-6-2-7-16-34)58-53(60-54)35-17-8-3-9-18-35/h1-32,49-50H. The Bertz CT molecular complexity index is 3220. The summed E-state index contributed by atoms with van der Waals surface area (Å²) in [5.74, 6) is 2.78. The average molecular weight is 767 g/mol. The first-order chi connectivity index (χ1) is 29.7. The maximum Gasteiger partial charge on any atom is 0.164 e. The molecule has 6 heteroatoms. The quantitative estimate of drug-likeness (QED) is 0.168. The monoisotopic (exact) mass is 766 g/mol. The van der Waals surface area contributed by atoms with Gasteiger partial charge >= 0.3 is 0 Å². The minimum Gasteiger partial charge on any atom is -0.256 e. The molecule has 60 heavy (non-hydrogen) atoms. The van der Waals surface area contributed by atoms with E-state index in [2.05, 4.69) is 108 Å². The van der Waals surface area contributed by atoms with Crippen LogP contribution in [0.25, 0.3) is 79.0 Å². The summed E-state index contributed by atoms with van der Waals surface area (Å²) in [5, 5.41) is 1.07. The van der Waals surface area contributed by atoms with Crippen LogP contribution in [0.5, 0.6) is 0 Å². The van der Waals surface area contributed by atoms with Gasteiger partial charge in [0.05, 0.1) is 16.9 Å². The van der Waals surface area contributed by atoms with Gasteiger partial charge in [-0.1, -0.05) is 152 Å². The molecule has 0 amide bonds. The van der Waals surface area contributed by atoms with Crippen LogP contribution in [-0.4, -0.2) is 29.9 Å². The van der Waals surface area contributed by atoms with E-state index in [1.807, 2.05) is 91.1 Å². The third kappa shape index (κ3) is 5.72. The van der Waals surface area contributed by atoms with Crippen molar-refractivity contribution in [1.29, 1.82) is 0 Å². The summed E-state index contributed by atoms with van der Waals surface area (Å²) in [6, 6.07) is 65.7. The van der Waals surface area contributed by atoms with Crippen LogP contribution in [0.3, 0.4) is 0 Å². The Balaban J connectivity index is 0.989. The number of fused-ring (bicyclic) bond motifs is 1. The van der Waals surface area contributed by atoms with Crippen LogP contribution < -0.4 is 0 Å². The van der Waals surface area contributed by atoms with Gasteiger partial charge in [-0.3, -0.25) is 4.98 Å². The summed E-state index contributed by atoms with van der Waals surface area (Å²) < 4.78 is 0. The molecule has 280 valence electrons. The lowest BCUT2D eigenvalue weighted by atomic mass is 9.60. The van der Waals surface area contributed by atoms with Crippen molar-refractivity contribution in [3.05, 3.63) is 228 Å². The van der Waals surface area contributed by atoms with Gasteiger partial charge in [0.2, 0.25) is 0 Å². The molecule has 0 aliphatic heterocycles. The van der Waals surface area contributed by atoms with E-state index in [9.17, 15) is 0 Å². The number of hydrogen-bond acceptors (Lipinski definition) is 6. The molecule has 2 bridgehead atoms. The van der Waals surface area contributed by atoms with Gasteiger partial charge in [0.1, 0.15) is 0 Å². The first-order valence-electron chi connectivity index (χ1n) is 20.3. The van der Waals surface area contributed by atoms with E-state index < -0.39 is 0 Å². The van der Waals surface area contributed by atoms with Crippen molar-refractivity contribution in [1.82, 2.24) is 29.9 Å². The zero-order valence-corrected chi connectivity index (χ0v) is 32.3. The Labute approximate surface area is 347 Å². The fraction of sp³-hybridized carbons (Fsp3) is 0.0370. The summed E-state index contributed by atoms with van der Waals surface area (Å²) in [7, 11) is 0. The first kappa shape index (κ1) is 34.1. The number of nitrogens with zero attached hydrogens (tertiary/aromatic N) is 6. The molecular formula is C54H34N6. The van der Waals surface area contributed by atoms with Crippen LogP contribution in [0.15, 0.2) is 194 Å². The van der Waals surface area contributed by atoms with Gasteiger partial charge in [0.15, 0.2) is 23.3 Å². The molecule has 2 unspecified atom stereocenters. The lowest BCUT2D eigenvalue weighted by molar-refractivity contribution is 0.754. The van der Waals surface area contributed by atoms with Gasteiger partial charge in [0.25, 0.3) is 0 Å². The number of hydrogen-bond donors (Lipinski definition) is 0. The predicted molar refractivity (Wildman–Crippen MR) is 238 cm³/mol. The van der Waals surface area contributed by atoms with E-state index in [1.54, 1.807) is 0 Å². The second-order valence-corrected chi connectivity index (χ2v) is 15.5. The lowest BCUT2D eigenvalue weighted by Gasteiger charge is -2.42. The third-order valence-electron chi connectivity index (χ3n) is 11.9. The van der Waals surface area contributed by atoms with E-state index in [-0.39, 0.29) is 11.8 Å². The zero-order valence-electron chi connectivity index (χ0n) is 32.3. The molecule has 0 saturated heterocycles. The summed E-state index contributed by atoms with van der Waals surface area (Å²) >= 11 is 0. The van der Waals surface area contributed by atoms with Crippen molar-refractivity contribution < 1.29 is 0 Å². The van der Waals surface area contributed by atoms with E-state index in [1.165, 1.54) is 33.4 Å². The molecule has 0 radical (unpaired) electrons. The molecule has 0 N–H and O–H groups in total. The van der Waals surface area contributed by atoms with Crippen LogP contribution in [-0.2, 0) is 0 Å². The predicted octanol–water partition coefficient (Wildman–Crippen LogP) is 12.2. The Kier molecular flexibility index (Phi) is 7.88. The number of pyridine rings is 1. The lowest BCUT2D eigenvalue weighted by Crippen LogP contribution is -2.27. The highest BCUT2D eigenvalue weighted by Crippen LogP contribution is 2.56. The average Bonchev–Trinajstić information content (AvgIpc) is 3.34. The Hall–Kier alpha value is -7.96. The smallest absolute Gasteiger partial charge is 0.164 e. The molecule has 7 aromatic carbocycles. The molecule has 0 spiro atoms. The van der Waals surface area contributed by atoms with Crippen molar-refractivity contribution in [2.24, 2.45) is 0 Å². The van der Waals surface area contributed by atoms with Crippen molar-refractivity contribution in [2.45, 2.75) is 11.8 Å². The van der Waals surface area contributed by atoms with Crippen LogP contribution in [0.2, 0.25) is 0 Å². The molecule has 0 fully saturated rings. The number of benzene rings is 7. The first-order valence-corrected chi connectivity index (χ1v) is 20.3. The topological polar surface area (TPSA) is 77.3 Å². The molecule has 0 saturated carbocycles. The highest BCUT2D eigenvalue weighted by Gasteiger charge is 2.41. The highest BCUT2D eigenvalue weighted by atomic mass is 15.0. The van der Waals surface area contributed by atoms with Gasteiger partial charge in [-0.2, -0.15) is 0 Å². The molecule has 2 atom stereocenters. The van der Waals surface area contributed by atoms with Crippen LogP contribution in [0.1, 0.15) is 45.2 Å². The van der Waals surface area contributed by atoms with E-state index >= 15 is 0 Å². The minimum atomic E-state index is 0.0567. The fourth-order valence-electron chi connectivity index (χ4n) is 9.15. The van der Waals surface area contributed by atoms with Crippen LogP contribution in [0.4, 0.5) is 0 Å². The second-order valence-electron chi connectivity index (χ2n) is 15.5. The summed E-state index contributed by atoms with van der Waals surface area (Å²) in [6.45, 7) is 0. The van der Waals surface area contributed by atoms with Gasteiger partial charge in [0, 0.05) is 56.8 Å². The molecule has 3 aromatic heterocycles. The van der Waals surface area contributed by atoms with Gasteiger partial charge in [-0.25, -0.2) is 24.9 Å². The van der Waals surface area contributed by atoms with Gasteiger partial charge in [-0.05, 0) is 69.8 Å². The van der Waals surface area contributed by atoms with Crippen molar-refractivity contribution >= 4 is 10.9 Å². The minimum absolute atomic E-state index is 0.0567. The highest BCUT2D eigenvalue weighted by molar-refractivity contribution is 5.85. The molecule has 13 rings (SSSR count). The Morgan fingerprint density at radius 2 is 0.717 bits per heavy atom. The Morgan fingerprint density at radius 3 is 1.28 bits per heavy atom. The SMILES string of the molecule is c1ccc(-c2nc(-c3ccc4c(c3)C3c5ccccc5C4c4cc(-c5nc(-c6ccccc6)nc(-c6ccccc6)n5)ccc43)cc(-c3ccc4ncccc4c3)n2)cc1. The fourth-order valence-corrected chi connectivity index (χ4v) is 9.15. The third-order valence-corrected chi connectivity index (χ3v) is 11.9. The number of aromatic nitrogens is 6. The van der Waals surface area contributed by atoms with Crippen molar-refractivity contribution in [2.75, 3.05) is 0 Å². The van der Waals surface area contributed by atoms with Gasteiger partial charge in [-0.15, -0.1) is 0 Å².